The zero-order valence-corrected chi connectivity index (χ0v) is 12.7. The predicted molar refractivity (Wildman–Crippen MR) is 86.1 cm³/mol. The molecule has 0 unspecified atom stereocenters. The minimum Gasteiger partial charge on any atom is -0.372 e. The van der Waals surface area contributed by atoms with Crippen molar-refractivity contribution in [3.05, 3.63) is 41.0 Å². The van der Waals surface area contributed by atoms with E-state index in [0.717, 1.165) is 23.8 Å². The van der Waals surface area contributed by atoms with Crippen LogP contribution in [0.15, 0.2) is 35.4 Å². The van der Waals surface area contributed by atoms with E-state index < -0.39 is 0 Å². The second-order valence-corrected chi connectivity index (χ2v) is 6.13. The Kier molecular flexibility index (Phi) is 3.03. The van der Waals surface area contributed by atoms with Crippen LogP contribution in [0.3, 0.4) is 0 Å². The van der Waals surface area contributed by atoms with Gasteiger partial charge in [-0.3, -0.25) is 0 Å². The molecule has 3 aromatic rings. The Hall–Kier alpha value is -2.08. The number of imidazole rings is 1. The van der Waals surface area contributed by atoms with Gasteiger partial charge in [0.2, 0.25) is 0 Å². The van der Waals surface area contributed by atoms with Crippen LogP contribution in [0.4, 0.5) is 11.6 Å². The van der Waals surface area contributed by atoms with Crippen molar-refractivity contribution in [1.29, 1.82) is 0 Å². The first kappa shape index (κ1) is 12.6. The van der Waals surface area contributed by atoms with Gasteiger partial charge in [-0.05, 0) is 35.2 Å². The molecule has 0 saturated heterocycles. The second kappa shape index (κ2) is 5.04. The molecular formula is C15H17N5S. The second-order valence-electron chi connectivity index (χ2n) is 5.35. The van der Waals surface area contributed by atoms with Crippen molar-refractivity contribution >= 4 is 28.6 Å². The zero-order valence-electron chi connectivity index (χ0n) is 11.9. The first-order valence-corrected chi connectivity index (χ1v) is 8.08. The number of anilines is 2. The summed E-state index contributed by atoms with van der Waals surface area (Å²) >= 11 is 1.74. The highest BCUT2D eigenvalue weighted by atomic mass is 32.1. The average Bonchev–Trinajstić information content (AvgIpc) is 3.02. The molecule has 3 aromatic heterocycles. The van der Waals surface area contributed by atoms with Crippen molar-refractivity contribution in [2.24, 2.45) is 0 Å². The van der Waals surface area contributed by atoms with Crippen molar-refractivity contribution in [3.8, 4) is 0 Å². The van der Waals surface area contributed by atoms with E-state index in [4.69, 9.17) is 4.98 Å². The summed E-state index contributed by atoms with van der Waals surface area (Å²) in [5.41, 5.74) is 2.27. The lowest BCUT2D eigenvalue weighted by molar-refractivity contribution is 0.779. The average molecular weight is 299 g/mol. The largest absolute Gasteiger partial charge is 0.372 e. The molecule has 0 radical (unpaired) electrons. The van der Waals surface area contributed by atoms with Gasteiger partial charge in [-0.2, -0.15) is 11.3 Å². The lowest BCUT2D eigenvalue weighted by Gasteiger charge is -2.24. The van der Waals surface area contributed by atoms with Gasteiger partial charge in [-0.15, -0.1) is 0 Å². The fourth-order valence-corrected chi connectivity index (χ4v) is 3.23. The van der Waals surface area contributed by atoms with E-state index in [1.807, 2.05) is 30.0 Å². The lowest BCUT2D eigenvalue weighted by Crippen LogP contribution is -2.26. The third kappa shape index (κ3) is 2.35. The summed E-state index contributed by atoms with van der Waals surface area (Å²) in [5.74, 6) is 1.84. The van der Waals surface area contributed by atoms with Gasteiger partial charge in [0.25, 0.3) is 0 Å². The SMILES string of the molecule is CNc1cn2ccnc2c(N(Cc2ccsc2)C2CC2)n1. The molecular weight excluding hydrogens is 282 g/mol. The van der Waals surface area contributed by atoms with Gasteiger partial charge in [0.1, 0.15) is 5.82 Å². The third-order valence-electron chi connectivity index (χ3n) is 3.81. The van der Waals surface area contributed by atoms with Gasteiger partial charge in [-0.25, -0.2) is 9.97 Å². The number of nitrogens with one attached hydrogen (secondary N) is 1. The van der Waals surface area contributed by atoms with Crippen LogP contribution < -0.4 is 10.2 Å². The molecule has 108 valence electrons. The van der Waals surface area contributed by atoms with Crippen LogP contribution >= 0.6 is 11.3 Å². The lowest BCUT2D eigenvalue weighted by atomic mass is 10.3. The quantitative estimate of drug-likeness (QED) is 0.786. The molecule has 4 rings (SSSR count). The molecule has 5 nitrogen and oxygen atoms in total. The van der Waals surface area contributed by atoms with Gasteiger partial charge in [0.05, 0.1) is 6.20 Å². The third-order valence-corrected chi connectivity index (χ3v) is 4.54. The molecule has 0 aromatic carbocycles. The number of rotatable bonds is 5. The number of fused-ring (bicyclic) bond motifs is 1. The predicted octanol–water partition coefficient (Wildman–Crippen LogP) is 3.00. The molecule has 0 bridgehead atoms. The molecule has 0 amide bonds. The van der Waals surface area contributed by atoms with Crippen molar-refractivity contribution in [2.45, 2.75) is 25.4 Å². The van der Waals surface area contributed by atoms with E-state index in [1.54, 1.807) is 11.3 Å². The zero-order chi connectivity index (χ0) is 14.2. The topological polar surface area (TPSA) is 45.5 Å². The van der Waals surface area contributed by atoms with Crippen molar-refractivity contribution in [1.82, 2.24) is 14.4 Å². The van der Waals surface area contributed by atoms with Gasteiger partial charge < -0.3 is 14.6 Å². The number of hydrogen-bond acceptors (Lipinski definition) is 5. The highest BCUT2D eigenvalue weighted by Crippen LogP contribution is 2.34. The molecule has 0 atom stereocenters. The van der Waals surface area contributed by atoms with E-state index in [0.29, 0.717) is 6.04 Å². The van der Waals surface area contributed by atoms with Crippen LogP contribution in [0.1, 0.15) is 18.4 Å². The summed E-state index contributed by atoms with van der Waals surface area (Å²) in [6.45, 7) is 0.900. The van der Waals surface area contributed by atoms with Crippen LogP contribution in [0.25, 0.3) is 5.65 Å². The summed E-state index contributed by atoms with van der Waals surface area (Å²) in [6, 6.07) is 2.77. The van der Waals surface area contributed by atoms with Crippen LogP contribution in [-0.2, 0) is 6.54 Å². The van der Waals surface area contributed by atoms with Crippen molar-refractivity contribution in [2.75, 3.05) is 17.3 Å². The van der Waals surface area contributed by atoms with E-state index in [2.05, 4.69) is 32.0 Å². The molecule has 1 aliphatic rings. The Balaban J connectivity index is 1.79. The van der Waals surface area contributed by atoms with Crippen molar-refractivity contribution in [3.63, 3.8) is 0 Å². The van der Waals surface area contributed by atoms with E-state index >= 15 is 0 Å². The van der Waals surface area contributed by atoms with Crippen LogP contribution in [0.2, 0.25) is 0 Å². The fourth-order valence-electron chi connectivity index (χ4n) is 2.57. The minimum atomic E-state index is 0.588. The Morgan fingerprint density at radius 3 is 3.10 bits per heavy atom. The molecule has 1 saturated carbocycles. The summed E-state index contributed by atoms with van der Waals surface area (Å²) in [5, 5.41) is 7.47. The maximum atomic E-state index is 4.77. The first-order valence-electron chi connectivity index (χ1n) is 7.14. The van der Waals surface area contributed by atoms with Crippen LogP contribution in [-0.4, -0.2) is 27.5 Å². The smallest absolute Gasteiger partial charge is 0.180 e. The Morgan fingerprint density at radius 2 is 2.38 bits per heavy atom. The summed E-state index contributed by atoms with van der Waals surface area (Å²) in [4.78, 5) is 11.7. The summed E-state index contributed by atoms with van der Waals surface area (Å²) in [6.07, 6.45) is 8.25. The Morgan fingerprint density at radius 1 is 1.48 bits per heavy atom. The van der Waals surface area contributed by atoms with Gasteiger partial charge in [-0.1, -0.05) is 0 Å². The normalized spacial score (nSPS) is 14.5. The molecule has 0 spiro atoms. The molecule has 21 heavy (non-hydrogen) atoms. The Labute approximate surface area is 127 Å². The molecule has 0 aliphatic heterocycles. The number of nitrogens with zero attached hydrogens (tertiary/aromatic N) is 4. The molecule has 6 heteroatoms. The summed E-state index contributed by atoms with van der Waals surface area (Å²) in [7, 11) is 1.90. The molecule has 1 aliphatic carbocycles. The van der Waals surface area contributed by atoms with E-state index in [-0.39, 0.29) is 0 Å². The summed E-state index contributed by atoms with van der Waals surface area (Å²) < 4.78 is 2.04. The first-order chi connectivity index (χ1) is 10.3. The fraction of sp³-hybridized carbons (Fsp3) is 0.333. The molecule has 1 fully saturated rings. The molecule has 3 heterocycles. The highest BCUT2D eigenvalue weighted by molar-refractivity contribution is 7.07. The van der Waals surface area contributed by atoms with E-state index in [1.165, 1.54) is 18.4 Å². The van der Waals surface area contributed by atoms with Crippen molar-refractivity contribution < 1.29 is 0 Å². The number of thiophene rings is 1. The van der Waals surface area contributed by atoms with Crippen LogP contribution in [0, 0.1) is 0 Å². The monoisotopic (exact) mass is 299 g/mol. The maximum Gasteiger partial charge on any atom is 0.180 e. The minimum absolute atomic E-state index is 0.588. The number of hydrogen-bond donors (Lipinski definition) is 1. The number of aromatic nitrogens is 3. The maximum absolute atomic E-state index is 4.77. The van der Waals surface area contributed by atoms with Crippen LogP contribution in [0.5, 0.6) is 0 Å². The van der Waals surface area contributed by atoms with E-state index in [9.17, 15) is 0 Å². The van der Waals surface area contributed by atoms with Gasteiger partial charge in [0.15, 0.2) is 11.5 Å². The standard InChI is InChI=1S/C15H17N5S/c1-16-13-9-19-6-5-17-14(19)15(18-13)20(12-2-3-12)8-11-4-7-21-10-11/h4-7,9-10,12,16H,2-3,8H2,1H3. The highest BCUT2D eigenvalue weighted by Gasteiger charge is 2.32. The Bertz CT molecular complexity index is 745. The van der Waals surface area contributed by atoms with Gasteiger partial charge >= 0.3 is 0 Å². The van der Waals surface area contributed by atoms with Gasteiger partial charge in [0, 0.05) is 32.0 Å². The molecule has 1 N–H and O–H groups in total.